The number of terminal acetylenes is 1. The number of nitrogens with one attached hydrogen (secondary N) is 1. The third-order valence-corrected chi connectivity index (χ3v) is 3.71. The van der Waals surface area contributed by atoms with E-state index in [-0.39, 0.29) is 11.6 Å². The molecule has 72 valence electrons. The van der Waals surface area contributed by atoms with Gasteiger partial charge in [0.1, 0.15) is 0 Å². The second kappa shape index (κ2) is 3.01. The van der Waals surface area contributed by atoms with Crippen LogP contribution in [0.3, 0.4) is 0 Å². The molecule has 2 aliphatic carbocycles. The summed E-state index contributed by atoms with van der Waals surface area (Å²) in [5, 5.41) is 3.52. The van der Waals surface area contributed by atoms with Gasteiger partial charge in [-0.3, -0.25) is 5.32 Å². The average molecular weight is 178 g/mol. The molecule has 13 heavy (non-hydrogen) atoms. The summed E-state index contributed by atoms with van der Waals surface area (Å²) in [5.74, 6) is 4.48. The van der Waals surface area contributed by atoms with Gasteiger partial charge in [-0.2, -0.15) is 0 Å². The van der Waals surface area contributed by atoms with Crippen LogP contribution >= 0.6 is 0 Å². The highest BCUT2D eigenvalue weighted by molar-refractivity contribution is 5.15. The Balaban J connectivity index is 2.04. The fourth-order valence-corrected chi connectivity index (χ4v) is 2.84. The molecule has 3 N–H and O–H groups in total. The zero-order chi connectivity index (χ0) is 9.47. The molecule has 0 bridgehead atoms. The standard InChI is InChI=1S/C11H18N2/c1-3-8(2)13-11(7-12)5-4-9-6-10(9)11/h1,8-10,13H,4-7,12H2,2H3. The Hall–Kier alpha value is -0.520. The molecule has 0 amide bonds. The van der Waals surface area contributed by atoms with E-state index in [1.165, 1.54) is 19.3 Å². The Labute approximate surface area is 80.3 Å². The maximum atomic E-state index is 5.86. The minimum absolute atomic E-state index is 0.155. The van der Waals surface area contributed by atoms with Crippen LogP contribution in [-0.4, -0.2) is 18.1 Å². The molecule has 2 fully saturated rings. The summed E-state index contributed by atoms with van der Waals surface area (Å²) in [6.45, 7) is 2.77. The number of fused-ring (bicyclic) bond motifs is 1. The van der Waals surface area contributed by atoms with Gasteiger partial charge in [0.25, 0.3) is 0 Å². The monoisotopic (exact) mass is 178 g/mol. The molecule has 2 saturated carbocycles. The molecule has 4 unspecified atom stereocenters. The number of hydrogen-bond acceptors (Lipinski definition) is 2. The summed E-state index contributed by atoms with van der Waals surface area (Å²) in [4.78, 5) is 0. The highest BCUT2D eigenvalue weighted by Crippen LogP contribution is 2.57. The molecule has 2 aliphatic rings. The lowest BCUT2D eigenvalue weighted by Crippen LogP contribution is -2.54. The molecule has 2 nitrogen and oxygen atoms in total. The smallest absolute Gasteiger partial charge is 0.0663 e. The third-order valence-electron chi connectivity index (χ3n) is 3.71. The fourth-order valence-electron chi connectivity index (χ4n) is 2.84. The number of nitrogens with two attached hydrogens (primary N) is 1. The van der Waals surface area contributed by atoms with E-state index in [4.69, 9.17) is 12.2 Å². The van der Waals surface area contributed by atoms with E-state index < -0.39 is 0 Å². The van der Waals surface area contributed by atoms with Crippen LogP contribution < -0.4 is 11.1 Å². The second-order valence-corrected chi connectivity index (χ2v) is 4.53. The first-order chi connectivity index (χ1) is 6.22. The Morgan fingerprint density at radius 1 is 1.77 bits per heavy atom. The Bertz CT molecular complexity index is 243. The van der Waals surface area contributed by atoms with Gasteiger partial charge in [-0.05, 0) is 38.0 Å². The van der Waals surface area contributed by atoms with Crippen molar-refractivity contribution in [2.75, 3.05) is 6.54 Å². The molecule has 2 rings (SSSR count). The van der Waals surface area contributed by atoms with Gasteiger partial charge in [-0.15, -0.1) is 6.42 Å². The van der Waals surface area contributed by atoms with E-state index in [0.717, 1.165) is 18.4 Å². The van der Waals surface area contributed by atoms with Crippen molar-refractivity contribution in [2.24, 2.45) is 17.6 Å². The Morgan fingerprint density at radius 3 is 2.92 bits per heavy atom. The Morgan fingerprint density at radius 2 is 2.54 bits per heavy atom. The van der Waals surface area contributed by atoms with Gasteiger partial charge in [0.2, 0.25) is 0 Å². The van der Waals surface area contributed by atoms with Crippen molar-refractivity contribution in [3.8, 4) is 12.3 Å². The molecule has 0 aromatic rings. The van der Waals surface area contributed by atoms with Gasteiger partial charge in [0.15, 0.2) is 0 Å². The molecule has 0 aromatic carbocycles. The lowest BCUT2D eigenvalue weighted by molar-refractivity contribution is 0.289. The van der Waals surface area contributed by atoms with Crippen LogP contribution in [0.5, 0.6) is 0 Å². The SMILES string of the molecule is C#CC(C)NC1(CN)CCC2CC21. The summed E-state index contributed by atoms with van der Waals surface area (Å²) in [5.41, 5.74) is 6.03. The lowest BCUT2D eigenvalue weighted by atomic mass is 9.92. The molecule has 4 atom stereocenters. The van der Waals surface area contributed by atoms with Crippen molar-refractivity contribution in [2.45, 2.75) is 37.8 Å². The van der Waals surface area contributed by atoms with E-state index in [2.05, 4.69) is 11.2 Å². The number of rotatable bonds is 3. The zero-order valence-electron chi connectivity index (χ0n) is 8.22. The molecular formula is C11H18N2. The highest BCUT2D eigenvalue weighted by Gasteiger charge is 2.57. The van der Waals surface area contributed by atoms with Crippen molar-refractivity contribution >= 4 is 0 Å². The highest BCUT2D eigenvalue weighted by atomic mass is 15.1. The van der Waals surface area contributed by atoms with Crippen LogP contribution in [0.25, 0.3) is 0 Å². The van der Waals surface area contributed by atoms with Crippen molar-refractivity contribution in [3.05, 3.63) is 0 Å². The van der Waals surface area contributed by atoms with Gasteiger partial charge in [0.05, 0.1) is 6.04 Å². The molecule has 2 heteroatoms. The van der Waals surface area contributed by atoms with Crippen molar-refractivity contribution in [3.63, 3.8) is 0 Å². The average Bonchev–Trinajstić information content (AvgIpc) is 2.86. The van der Waals surface area contributed by atoms with E-state index in [1.54, 1.807) is 0 Å². The maximum absolute atomic E-state index is 5.86. The summed E-state index contributed by atoms with van der Waals surface area (Å²) < 4.78 is 0. The topological polar surface area (TPSA) is 38.0 Å². The first-order valence-corrected chi connectivity index (χ1v) is 5.16. The summed E-state index contributed by atoms with van der Waals surface area (Å²) >= 11 is 0. The summed E-state index contributed by atoms with van der Waals surface area (Å²) in [7, 11) is 0. The van der Waals surface area contributed by atoms with Crippen LogP contribution in [0.4, 0.5) is 0 Å². The predicted octanol–water partition coefficient (Wildman–Crippen LogP) is 0.725. The van der Waals surface area contributed by atoms with Gasteiger partial charge in [0, 0.05) is 12.1 Å². The second-order valence-electron chi connectivity index (χ2n) is 4.53. The lowest BCUT2D eigenvalue weighted by Gasteiger charge is -2.33. The molecule has 0 saturated heterocycles. The molecule has 0 spiro atoms. The minimum Gasteiger partial charge on any atom is -0.329 e. The van der Waals surface area contributed by atoms with Gasteiger partial charge in [-0.1, -0.05) is 5.92 Å². The third kappa shape index (κ3) is 1.37. The van der Waals surface area contributed by atoms with E-state index >= 15 is 0 Å². The maximum Gasteiger partial charge on any atom is 0.0663 e. The van der Waals surface area contributed by atoms with Gasteiger partial charge in [-0.25, -0.2) is 0 Å². The van der Waals surface area contributed by atoms with Gasteiger partial charge >= 0.3 is 0 Å². The largest absolute Gasteiger partial charge is 0.329 e. The molecule has 0 aromatic heterocycles. The van der Waals surface area contributed by atoms with E-state index in [9.17, 15) is 0 Å². The van der Waals surface area contributed by atoms with Gasteiger partial charge < -0.3 is 5.73 Å². The quantitative estimate of drug-likeness (QED) is 0.625. The predicted molar refractivity (Wildman–Crippen MR) is 54.0 cm³/mol. The Kier molecular flexibility index (Phi) is 2.09. The minimum atomic E-state index is 0.155. The van der Waals surface area contributed by atoms with E-state index in [1.807, 2.05) is 6.92 Å². The van der Waals surface area contributed by atoms with Crippen molar-refractivity contribution < 1.29 is 0 Å². The number of hydrogen-bond donors (Lipinski definition) is 2. The fraction of sp³-hybridized carbons (Fsp3) is 0.818. The van der Waals surface area contributed by atoms with Crippen LogP contribution in [-0.2, 0) is 0 Å². The normalized spacial score (nSPS) is 43.8. The van der Waals surface area contributed by atoms with Crippen LogP contribution in [0.2, 0.25) is 0 Å². The summed E-state index contributed by atoms with van der Waals surface area (Å²) in [6.07, 6.45) is 9.28. The first kappa shape index (κ1) is 9.05. The molecule has 0 radical (unpaired) electrons. The van der Waals surface area contributed by atoms with E-state index in [0.29, 0.717) is 0 Å². The van der Waals surface area contributed by atoms with Crippen molar-refractivity contribution in [1.82, 2.24) is 5.32 Å². The first-order valence-electron chi connectivity index (χ1n) is 5.16. The molecule has 0 aliphatic heterocycles. The zero-order valence-corrected chi connectivity index (χ0v) is 8.22. The van der Waals surface area contributed by atoms with Crippen molar-refractivity contribution in [1.29, 1.82) is 0 Å². The molecular weight excluding hydrogens is 160 g/mol. The molecule has 0 heterocycles. The van der Waals surface area contributed by atoms with Crippen LogP contribution in [0.1, 0.15) is 26.2 Å². The summed E-state index contributed by atoms with van der Waals surface area (Å²) in [6, 6.07) is 0.155. The van der Waals surface area contributed by atoms with Crippen LogP contribution in [0.15, 0.2) is 0 Å². The van der Waals surface area contributed by atoms with Crippen LogP contribution in [0, 0.1) is 24.2 Å².